The lowest BCUT2D eigenvalue weighted by atomic mass is 10.1. The van der Waals surface area contributed by atoms with Crippen LogP contribution < -0.4 is 16.5 Å². The lowest BCUT2D eigenvalue weighted by molar-refractivity contribution is 0.0600. The van der Waals surface area contributed by atoms with Gasteiger partial charge in [-0.2, -0.15) is 0 Å². The fraction of sp³-hybridized carbons (Fsp3) is 0.300. The molecule has 2 aromatic rings. The summed E-state index contributed by atoms with van der Waals surface area (Å²) >= 11 is 0. The summed E-state index contributed by atoms with van der Waals surface area (Å²) in [5.74, 6) is -0.502. The fourth-order valence-corrected chi connectivity index (χ4v) is 2.96. The summed E-state index contributed by atoms with van der Waals surface area (Å²) in [4.78, 5) is 23.9. The molecule has 0 aromatic heterocycles. The van der Waals surface area contributed by atoms with Crippen LogP contribution >= 0.6 is 0 Å². The molecule has 142 valence electrons. The minimum atomic E-state index is -0.365. The monoisotopic (exact) mass is 368 g/mol. The predicted octanol–water partition coefficient (Wildman–Crippen LogP) is 2.41. The predicted molar refractivity (Wildman–Crippen MR) is 104 cm³/mol. The second-order valence-corrected chi connectivity index (χ2v) is 6.48. The highest BCUT2D eigenvalue weighted by molar-refractivity contribution is 5.96. The van der Waals surface area contributed by atoms with Crippen LogP contribution in [-0.2, 0) is 11.3 Å². The Bertz CT molecular complexity index is 814. The average Bonchev–Trinajstić information content (AvgIpc) is 3.20. The zero-order valence-electron chi connectivity index (χ0n) is 15.3. The first-order chi connectivity index (χ1) is 13.1. The van der Waals surface area contributed by atoms with Crippen molar-refractivity contribution in [2.45, 2.75) is 19.4 Å². The molecule has 0 saturated carbocycles. The molecular formula is C20H24N4O3. The molecule has 7 nitrogen and oxygen atoms in total. The first-order valence-electron chi connectivity index (χ1n) is 8.93. The number of nitrogens with two attached hydrogens (primary N) is 1. The molecule has 1 fully saturated rings. The van der Waals surface area contributed by atoms with E-state index in [0.29, 0.717) is 29.0 Å². The highest BCUT2D eigenvalue weighted by Crippen LogP contribution is 2.21. The van der Waals surface area contributed by atoms with E-state index in [4.69, 9.17) is 10.5 Å². The highest BCUT2D eigenvalue weighted by atomic mass is 16.5. The van der Waals surface area contributed by atoms with Crippen LogP contribution in [-0.4, -0.2) is 37.1 Å². The van der Waals surface area contributed by atoms with E-state index >= 15 is 0 Å². The SMILES string of the molecule is COC(=O)c1ccc(CNc2cc(C(=O)NN3CCCC3)ccc2N)cc1. The van der Waals surface area contributed by atoms with Gasteiger partial charge in [0.05, 0.1) is 24.0 Å². The molecule has 0 spiro atoms. The molecule has 1 aliphatic rings. The van der Waals surface area contributed by atoms with Gasteiger partial charge in [-0.25, -0.2) is 9.80 Å². The second kappa shape index (κ2) is 8.55. The van der Waals surface area contributed by atoms with E-state index < -0.39 is 0 Å². The molecule has 27 heavy (non-hydrogen) atoms. The molecule has 2 aromatic carbocycles. The van der Waals surface area contributed by atoms with Crippen LogP contribution in [0.15, 0.2) is 42.5 Å². The second-order valence-electron chi connectivity index (χ2n) is 6.48. The molecule has 0 bridgehead atoms. The Labute approximate surface area is 158 Å². The van der Waals surface area contributed by atoms with Gasteiger partial charge < -0.3 is 15.8 Å². The van der Waals surface area contributed by atoms with Crippen molar-refractivity contribution < 1.29 is 14.3 Å². The van der Waals surface area contributed by atoms with Gasteiger partial charge >= 0.3 is 5.97 Å². The van der Waals surface area contributed by atoms with Crippen molar-refractivity contribution in [3.05, 3.63) is 59.2 Å². The summed E-state index contributed by atoms with van der Waals surface area (Å²) < 4.78 is 4.69. The van der Waals surface area contributed by atoms with Crippen molar-refractivity contribution in [1.82, 2.24) is 10.4 Å². The Morgan fingerprint density at radius 3 is 2.41 bits per heavy atom. The number of nitrogens with one attached hydrogen (secondary N) is 2. The van der Waals surface area contributed by atoms with Gasteiger partial charge in [-0.05, 0) is 48.7 Å². The standard InChI is InChI=1S/C20H24N4O3/c1-27-20(26)15-6-4-14(5-7-15)13-22-18-12-16(8-9-17(18)21)19(25)23-24-10-2-3-11-24/h4-9,12,22H,2-3,10-11,13,21H2,1H3,(H,23,25). The van der Waals surface area contributed by atoms with E-state index in [0.717, 1.165) is 31.5 Å². The van der Waals surface area contributed by atoms with Crippen LogP contribution in [0, 0.1) is 0 Å². The Balaban J connectivity index is 1.64. The van der Waals surface area contributed by atoms with Gasteiger partial charge in [0.2, 0.25) is 0 Å². The number of hydrogen-bond donors (Lipinski definition) is 3. The van der Waals surface area contributed by atoms with Crippen molar-refractivity contribution in [2.24, 2.45) is 0 Å². The number of nitrogens with zero attached hydrogens (tertiary/aromatic N) is 1. The molecule has 7 heteroatoms. The largest absolute Gasteiger partial charge is 0.465 e. The smallest absolute Gasteiger partial charge is 0.337 e. The minimum Gasteiger partial charge on any atom is -0.465 e. The topological polar surface area (TPSA) is 96.7 Å². The molecular weight excluding hydrogens is 344 g/mol. The lowest BCUT2D eigenvalue weighted by Gasteiger charge is -2.17. The van der Waals surface area contributed by atoms with Crippen molar-refractivity contribution in [2.75, 3.05) is 31.2 Å². The Kier molecular flexibility index (Phi) is 5.93. The van der Waals surface area contributed by atoms with Crippen LogP contribution in [0.25, 0.3) is 0 Å². The molecule has 4 N–H and O–H groups in total. The molecule has 0 radical (unpaired) electrons. The number of carbonyl (C=O) groups excluding carboxylic acids is 2. The highest BCUT2D eigenvalue weighted by Gasteiger charge is 2.16. The van der Waals surface area contributed by atoms with Crippen molar-refractivity contribution in [3.63, 3.8) is 0 Å². The lowest BCUT2D eigenvalue weighted by Crippen LogP contribution is -2.40. The number of amides is 1. The van der Waals surface area contributed by atoms with E-state index in [1.165, 1.54) is 7.11 Å². The van der Waals surface area contributed by atoms with E-state index in [9.17, 15) is 9.59 Å². The van der Waals surface area contributed by atoms with E-state index in [-0.39, 0.29) is 11.9 Å². The van der Waals surface area contributed by atoms with Crippen molar-refractivity contribution >= 4 is 23.3 Å². The maximum atomic E-state index is 12.4. The number of methoxy groups -OCH3 is 1. The first-order valence-corrected chi connectivity index (χ1v) is 8.93. The molecule has 0 atom stereocenters. The molecule has 1 saturated heterocycles. The van der Waals surface area contributed by atoms with Crippen LogP contribution in [0.5, 0.6) is 0 Å². The maximum absolute atomic E-state index is 12.4. The van der Waals surface area contributed by atoms with Gasteiger partial charge in [-0.1, -0.05) is 12.1 Å². The average molecular weight is 368 g/mol. The molecule has 3 rings (SSSR count). The van der Waals surface area contributed by atoms with Crippen LogP contribution in [0.2, 0.25) is 0 Å². The first kappa shape index (κ1) is 18.7. The molecule has 0 aliphatic carbocycles. The molecule has 1 heterocycles. The van der Waals surface area contributed by atoms with Gasteiger partial charge in [0.25, 0.3) is 5.91 Å². The summed E-state index contributed by atoms with van der Waals surface area (Å²) in [6.45, 7) is 2.28. The molecule has 1 aliphatic heterocycles. The maximum Gasteiger partial charge on any atom is 0.337 e. The van der Waals surface area contributed by atoms with Gasteiger partial charge in [-0.3, -0.25) is 10.2 Å². The number of rotatable bonds is 6. The van der Waals surface area contributed by atoms with Crippen LogP contribution in [0.3, 0.4) is 0 Å². The van der Waals surface area contributed by atoms with E-state index in [1.807, 2.05) is 17.1 Å². The number of anilines is 2. The molecule has 1 amide bonds. The normalized spacial score (nSPS) is 14.0. The Morgan fingerprint density at radius 1 is 1.07 bits per heavy atom. The third kappa shape index (κ3) is 4.77. The number of hydrogen-bond acceptors (Lipinski definition) is 6. The summed E-state index contributed by atoms with van der Waals surface area (Å²) in [5.41, 5.74) is 12.3. The summed E-state index contributed by atoms with van der Waals surface area (Å²) in [5, 5.41) is 5.19. The van der Waals surface area contributed by atoms with Gasteiger partial charge in [-0.15, -0.1) is 0 Å². The van der Waals surface area contributed by atoms with E-state index in [2.05, 4.69) is 10.7 Å². The van der Waals surface area contributed by atoms with Crippen LogP contribution in [0.1, 0.15) is 39.1 Å². The minimum absolute atomic E-state index is 0.137. The third-order valence-corrected chi connectivity index (χ3v) is 4.54. The summed E-state index contributed by atoms with van der Waals surface area (Å²) in [6, 6.07) is 12.3. The third-order valence-electron chi connectivity index (χ3n) is 4.54. The van der Waals surface area contributed by atoms with Crippen molar-refractivity contribution in [1.29, 1.82) is 0 Å². The Morgan fingerprint density at radius 2 is 1.74 bits per heavy atom. The number of carbonyl (C=O) groups is 2. The quantitative estimate of drug-likeness (QED) is 0.535. The number of hydrazine groups is 1. The van der Waals surface area contributed by atoms with Gasteiger partial charge in [0, 0.05) is 25.2 Å². The number of ether oxygens (including phenoxy) is 1. The summed E-state index contributed by atoms with van der Waals surface area (Å²) in [6.07, 6.45) is 2.20. The fourth-order valence-electron chi connectivity index (χ4n) is 2.96. The zero-order valence-corrected chi connectivity index (χ0v) is 15.3. The van der Waals surface area contributed by atoms with E-state index in [1.54, 1.807) is 30.3 Å². The molecule has 0 unspecified atom stereocenters. The zero-order chi connectivity index (χ0) is 19.2. The van der Waals surface area contributed by atoms with Crippen molar-refractivity contribution in [3.8, 4) is 0 Å². The van der Waals surface area contributed by atoms with Gasteiger partial charge in [0.15, 0.2) is 0 Å². The summed E-state index contributed by atoms with van der Waals surface area (Å²) in [7, 11) is 1.35. The number of benzene rings is 2. The Hall–Kier alpha value is -3.06. The number of nitrogen functional groups attached to an aromatic ring is 1. The van der Waals surface area contributed by atoms with Crippen LogP contribution in [0.4, 0.5) is 11.4 Å². The number of esters is 1. The van der Waals surface area contributed by atoms with Gasteiger partial charge in [0.1, 0.15) is 0 Å².